The van der Waals surface area contributed by atoms with Crippen LogP contribution >= 0.6 is 0 Å². The van der Waals surface area contributed by atoms with Crippen molar-refractivity contribution in [2.75, 3.05) is 13.1 Å². The smallest absolute Gasteiger partial charge is 0.328 e. The Morgan fingerprint density at radius 1 is 1.15 bits per heavy atom. The van der Waals surface area contributed by atoms with Crippen molar-refractivity contribution in [1.29, 1.82) is 0 Å². The number of hydrogen-bond acceptors (Lipinski definition) is 4. The molecule has 3 rings (SSSR count). The van der Waals surface area contributed by atoms with E-state index < -0.39 is 11.9 Å². The number of aliphatic carboxylic acids is 2. The van der Waals surface area contributed by atoms with E-state index in [2.05, 4.69) is 34.2 Å². The molecule has 0 unspecified atom stereocenters. The van der Waals surface area contributed by atoms with E-state index in [9.17, 15) is 9.59 Å². The van der Waals surface area contributed by atoms with Gasteiger partial charge in [-0.1, -0.05) is 24.3 Å². The number of carboxylic acid groups (broad SMARTS) is 2. The van der Waals surface area contributed by atoms with E-state index in [4.69, 9.17) is 10.2 Å². The lowest BCUT2D eigenvalue weighted by molar-refractivity contribution is -0.134. The van der Waals surface area contributed by atoms with Gasteiger partial charge in [0.15, 0.2) is 0 Å². The quantitative estimate of drug-likeness (QED) is 0.784. The van der Waals surface area contributed by atoms with Gasteiger partial charge in [-0.15, -0.1) is 0 Å². The molecule has 1 aromatic rings. The van der Waals surface area contributed by atoms with Gasteiger partial charge in [-0.25, -0.2) is 9.59 Å². The van der Waals surface area contributed by atoms with E-state index in [1.807, 2.05) is 0 Å². The van der Waals surface area contributed by atoms with Gasteiger partial charge in [-0.3, -0.25) is 4.99 Å². The second-order valence-corrected chi connectivity index (χ2v) is 4.29. The van der Waals surface area contributed by atoms with E-state index in [0.717, 1.165) is 19.6 Å². The van der Waals surface area contributed by atoms with Gasteiger partial charge in [0.2, 0.25) is 0 Å². The van der Waals surface area contributed by atoms with Gasteiger partial charge >= 0.3 is 11.9 Å². The number of rotatable bonds is 2. The lowest BCUT2D eigenvalue weighted by Crippen LogP contribution is -2.20. The van der Waals surface area contributed by atoms with Crippen LogP contribution in [-0.4, -0.2) is 46.0 Å². The summed E-state index contributed by atoms with van der Waals surface area (Å²) in [6.07, 6.45) is 1.12. The van der Waals surface area contributed by atoms with Crippen molar-refractivity contribution >= 4 is 17.8 Å². The Labute approximate surface area is 115 Å². The van der Waals surface area contributed by atoms with Gasteiger partial charge in [-0.05, 0) is 5.56 Å². The summed E-state index contributed by atoms with van der Waals surface area (Å²) in [4.78, 5) is 25.9. The number of hydrogen-bond donors (Lipinski definition) is 2. The van der Waals surface area contributed by atoms with Crippen molar-refractivity contribution in [1.82, 2.24) is 4.90 Å². The van der Waals surface area contributed by atoms with Gasteiger partial charge < -0.3 is 15.1 Å². The molecule has 0 atom stereocenters. The monoisotopic (exact) mass is 274 g/mol. The zero-order valence-corrected chi connectivity index (χ0v) is 10.7. The van der Waals surface area contributed by atoms with Crippen LogP contribution in [0.2, 0.25) is 0 Å². The first kappa shape index (κ1) is 13.8. The lowest BCUT2D eigenvalue weighted by atomic mass is 10.1. The van der Waals surface area contributed by atoms with Crippen LogP contribution in [-0.2, 0) is 16.1 Å². The maximum Gasteiger partial charge on any atom is 0.328 e. The van der Waals surface area contributed by atoms with Crippen molar-refractivity contribution in [2.45, 2.75) is 6.54 Å². The Morgan fingerprint density at radius 3 is 2.45 bits per heavy atom. The maximum atomic E-state index is 9.55. The van der Waals surface area contributed by atoms with Crippen molar-refractivity contribution in [3.8, 4) is 0 Å². The van der Waals surface area contributed by atoms with E-state index in [0.29, 0.717) is 12.2 Å². The maximum absolute atomic E-state index is 9.55. The summed E-state index contributed by atoms with van der Waals surface area (Å²) < 4.78 is 0. The highest BCUT2D eigenvalue weighted by Crippen LogP contribution is 2.25. The summed E-state index contributed by atoms with van der Waals surface area (Å²) in [5.41, 5.74) is 2.77. The largest absolute Gasteiger partial charge is 0.478 e. The molecule has 6 heteroatoms. The molecule has 2 heterocycles. The molecule has 2 N–H and O–H groups in total. The second-order valence-electron chi connectivity index (χ2n) is 4.29. The number of carbonyl (C=O) groups is 2. The first-order valence-corrected chi connectivity index (χ1v) is 6.09. The van der Waals surface area contributed by atoms with Crippen LogP contribution in [0.25, 0.3) is 0 Å². The topological polar surface area (TPSA) is 90.2 Å². The molecule has 0 fully saturated rings. The normalized spacial score (nSPS) is 15.2. The Bertz CT molecular complexity index is 577. The molecular formula is C14H14N2O4. The molecule has 0 saturated carbocycles. The van der Waals surface area contributed by atoms with Crippen molar-refractivity contribution in [3.63, 3.8) is 0 Å². The third-order valence-electron chi connectivity index (χ3n) is 2.92. The molecule has 0 aromatic heterocycles. The predicted molar refractivity (Wildman–Crippen MR) is 72.7 cm³/mol. The summed E-state index contributed by atoms with van der Waals surface area (Å²) in [5, 5.41) is 15.6. The number of aliphatic imine (C=N–C) groups is 1. The summed E-state index contributed by atoms with van der Waals surface area (Å²) in [5.74, 6) is -1.30. The third-order valence-corrected chi connectivity index (χ3v) is 2.92. The number of fused-ring (bicyclic) bond motifs is 3. The highest BCUT2D eigenvalue weighted by atomic mass is 16.4. The van der Waals surface area contributed by atoms with E-state index in [1.165, 1.54) is 17.0 Å². The molecule has 20 heavy (non-hydrogen) atoms. The molecule has 0 aliphatic carbocycles. The van der Waals surface area contributed by atoms with E-state index >= 15 is 0 Å². The van der Waals surface area contributed by atoms with Crippen molar-refractivity contribution < 1.29 is 19.8 Å². The van der Waals surface area contributed by atoms with Crippen LogP contribution in [0.5, 0.6) is 0 Å². The summed E-state index contributed by atoms with van der Waals surface area (Å²) in [7, 11) is 0. The third kappa shape index (κ3) is 3.23. The number of carboxylic acids is 2. The molecule has 0 spiro atoms. The van der Waals surface area contributed by atoms with E-state index in [-0.39, 0.29) is 0 Å². The fraction of sp³-hybridized carbons (Fsp3) is 0.214. The summed E-state index contributed by atoms with van der Waals surface area (Å²) in [6, 6.07) is 8.54. The van der Waals surface area contributed by atoms with Gasteiger partial charge in [0.1, 0.15) is 5.84 Å². The minimum Gasteiger partial charge on any atom is -0.478 e. The Balaban J connectivity index is 0.000000163. The minimum absolute atomic E-state index is 0.558. The summed E-state index contributed by atoms with van der Waals surface area (Å²) in [6.45, 7) is 3.14. The first-order chi connectivity index (χ1) is 9.58. The molecule has 2 aliphatic rings. The van der Waals surface area contributed by atoms with Crippen molar-refractivity contribution in [2.24, 2.45) is 4.99 Å². The average molecular weight is 274 g/mol. The SMILES string of the molecule is O=C(O)/C=C/C(=O)O.c1ccc2c(c1)CN1CCN=C21. The van der Waals surface area contributed by atoms with Crippen molar-refractivity contribution in [3.05, 3.63) is 47.5 Å². The molecule has 0 amide bonds. The fourth-order valence-electron chi connectivity index (χ4n) is 2.12. The Hall–Kier alpha value is -2.63. The average Bonchev–Trinajstić information content (AvgIpc) is 2.97. The molecule has 0 bridgehead atoms. The van der Waals surface area contributed by atoms with E-state index in [1.54, 1.807) is 0 Å². The number of amidine groups is 1. The Kier molecular flexibility index (Phi) is 4.14. The van der Waals surface area contributed by atoms with Crippen LogP contribution in [0, 0.1) is 0 Å². The lowest BCUT2D eigenvalue weighted by Gasteiger charge is -2.09. The fourth-order valence-corrected chi connectivity index (χ4v) is 2.12. The number of benzene rings is 1. The molecular weight excluding hydrogens is 260 g/mol. The summed E-state index contributed by atoms with van der Waals surface area (Å²) >= 11 is 0. The number of nitrogens with zero attached hydrogens (tertiary/aromatic N) is 2. The molecule has 0 radical (unpaired) electrons. The zero-order valence-electron chi connectivity index (χ0n) is 10.7. The van der Waals surface area contributed by atoms with Gasteiger partial charge in [0.25, 0.3) is 0 Å². The van der Waals surface area contributed by atoms with Crippen LogP contribution in [0.1, 0.15) is 11.1 Å². The predicted octanol–water partition coefficient (Wildman–Crippen LogP) is 0.974. The van der Waals surface area contributed by atoms with Crippen LogP contribution in [0.3, 0.4) is 0 Å². The zero-order chi connectivity index (χ0) is 14.5. The van der Waals surface area contributed by atoms with Crippen LogP contribution in [0.4, 0.5) is 0 Å². The highest BCUT2D eigenvalue weighted by Gasteiger charge is 2.27. The van der Waals surface area contributed by atoms with Gasteiger partial charge in [0, 0.05) is 30.8 Å². The highest BCUT2D eigenvalue weighted by molar-refractivity contribution is 6.03. The second kappa shape index (κ2) is 6.01. The molecule has 1 aromatic carbocycles. The van der Waals surface area contributed by atoms with Gasteiger partial charge in [-0.2, -0.15) is 0 Å². The Morgan fingerprint density at radius 2 is 1.80 bits per heavy atom. The molecule has 6 nitrogen and oxygen atoms in total. The standard InChI is InChI=1S/C10H10N2.C4H4O4/c1-2-4-9-8(3-1)7-12-6-5-11-10(9)12;5-3(6)1-2-4(7)8/h1-4H,5-7H2;1-2H,(H,5,6)(H,7,8)/b;2-1+. The molecule has 0 saturated heterocycles. The first-order valence-electron chi connectivity index (χ1n) is 6.09. The molecule has 2 aliphatic heterocycles. The molecule has 104 valence electrons. The minimum atomic E-state index is -1.26. The van der Waals surface area contributed by atoms with Crippen LogP contribution < -0.4 is 0 Å². The van der Waals surface area contributed by atoms with Gasteiger partial charge in [0.05, 0.1) is 6.54 Å². The van der Waals surface area contributed by atoms with Crippen LogP contribution in [0.15, 0.2) is 41.4 Å².